The SMILES string of the molecule is C[C@]12CC[C@@H]3[C@H]4CCC(O)(OC=O)[C@@H]4CC[C@H]3[C@@H]1CC[C@@H]2O. The predicted molar refractivity (Wildman–Crippen MR) is 80.6 cm³/mol. The Morgan fingerprint density at radius 1 is 0.955 bits per heavy atom. The van der Waals surface area contributed by atoms with Crippen LogP contribution in [-0.2, 0) is 9.53 Å². The second-order valence-corrected chi connectivity index (χ2v) is 8.52. The van der Waals surface area contributed by atoms with Crippen molar-refractivity contribution in [1.82, 2.24) is 0 Å². The monoisotopic (exact) mass is 308 g/mol. The van der Waals surface area contributed by atoms with Crippen LogP contribution >= 0.6 is 0 Å². The first kappa shape index (κ1) is 14.9. The molecule has 0 radical (unpaired) electrons. The molecule has 2 N–H and O–H groups in total. The van der Waals surface area contributed by atoms with Crippen LogP contribution in [0.5, 0.6) is 0 Å². The van der Waals surface area contributed by atoms with Gasteiger partial charge in [0.2, 0.25) is 5.79 Å². The summed E-state index contributed by atoms with van der Waals surface area (Å²) >= 11 is 0. The molecule has 4 fully saturated rings. The number of hydrogen-bond donors (Lipinski definition) is 2. The molecule has 1 unspecified atom stereocenters. The van der Waals surface area contributed by atoms with Crippen molar-refractivity contribution in [3.05, 3.63) is 0 Å². The van der Waals surface area contributed by atoms with E-state index in [-0.39, 0.29) is 17.4 Å². The molecule has 0 aliphatic heterocycles. The molecule has 0 amide bonds. The predicted octanol–water partition coefficient (Wildman–Crippen LogP) is 2.47. The number of aliphatic hydroxyl groups excluding tert-OH is 1. The molecule has 0 bridgehead atoms. The van der Waals surface area contributed by atoms with Gasteiger partial charge in [0.1, 0.15) is 0 Å². The van der Waals surface area contributed by atoms with Gasteiger partial charge in [0.05, 0.1) is 6.10 Å². The van der Waals surface area contributed by atoms with Gasteiger partial charge in [0, 0.05) is 12.3 Å². The first-order chi connectivity index (χ1) is 10.5. The number of fused-ring (bicyclic) bond motifs is 5. The van der Waals surface area contributed by atoms with Gasteiger partial charge in [-0.05, 0) is 74.0 Å². The summed E-state index contributed by atoms with van der Waals surface area (Å²) in [6.07, 6.45) is 7.89. The van der Waals surface area contributed by atoms with E-state index in [0.29, 0.717) is 36.6 Å². The van der Waals surface area contributed by atoms with Crippen molar-refractivity contribution in [3.8, 4) is 0 Å². The van der Waals surface area contributed by atoms with Gasteiger partial charge in [-0.25, -0.2) is 0 Å². The van der Waals surface area contributed by atoms with Gasteiger partial charge in [0.25, 0.3) is 6.47 Å². The highest BCUT2D eigenvalue weighted by molar-refractivity contribution is 5.38. The number of hydrogen-bond acceptors (Lipinski definition) is 4. The highest BCUT2D eigenvalue weighted by atomic mass is 16.6. The molecule has 0 aromatic heterocycles. The summed E-state index contributed by atoms with van der Waals surface area (Å²) in [4.78, 5) is 10.7. The Morgan fingerprint density at radius 3 is 2.41 bits per heavy atom. The third-order valence-electron chi connectivity index (χ3n) is 7.99. The Hall–Kier alpha value is -0.610. The summed E-state index contributed by atoms with van der Waals surface area (Å²) in [7, 11) is 0. The molecule has 124 valence electrons. The topological polar surface area (TPSA) is 66.8 Å². The minimum atomic E-state index is -1.21. The first-order valence-corrected chi connectivity index (χ1v) is 9.01. The molecule has 4 aliphatic carbocycles. The first-order valence-electron chi connectivity index (χ1n) is 9.01. The van der Waals surface area contributed by atoms with Crippen molar-refractivity contribution in [2.75, 3.05) is 0 Å². The van der Waals surface area contributed by atoms with Gasteiger partial charge >= 0.3 is 0 Å². The minimum absolute atomic E-state index is 0.113. The van der Waals surface area contributed by atoms with Crippen LogP contribution in [0.25, 0.3) is 0 Å². The maximum Gasteiger partial charge on any atom is 0.295 e. The normalized spacial score (nSPS) is 56.9. The van der Waals surface area contributed by atoms with E-state index < -0.39 is 5.79 Å². The summed E-state index contributed by atoms with van der Waals surface area (Å²) in [6.45, 7) is 2.71. The van der Waals surface area contributed by atoms with Crippen LogP contribution in [0.2, 0.25) is 0 Å². The van der Waals surface area contributed by atoms with E-state index in [1.54, 1.807) is 0 Å². The highest BCUT2D eigenvalue weighted by Crippen LogP contribution is 2.64. The molecule has 4 saturated carbocycles. The molecule has 4 heteroatoms. The number of carbonyl (C=O) groups excluding carboxylic acids is 1. The van der Waals surface area contributed by atoms with Crippen LogP contribution in [0, 0.1) is 35.0 Å². The Balaban J connectivity index is 1.57. The molecular weight excluding hydrogens is 280 g/mol. The third-order valence-corrected chi connectivity index (χ3v) is 7.99. The number of carbonyl (C=O) groups is 1. The fourth-order valence-electron chi connectivity index (χ4n) is 6.88. The van der Waals surface area contributed by atoms with E-state index in [9.17, 15) is 15.0 Å². The molecular formula is C18H28O4. The molecule has 4 nitrogen and oxygen atoms in total. The lowest BCUT2D eigenvalue weighted by Crippen LogP contribution is -2.50. The minimum Gasteiger partial charge on any atom is -0.435 e. The lowest BCUT2D eigenvalue weighted by atomic mass is 9.52. The molecule has 0 aromatic rings. The van der Waals surface area contributed by atoms with Crippen molar-refractivity contribution < 1.29 is 19.7 Å². The summed E-state index contributed by atoms with van der Waals surface area (Å²) in [5, 5.41) is 21.1. The van der Waals surface area contributed by atoms with Gasteiger partial charge in [-0.15, -0.1) is 0 Å². The van der Waals surface area contributed by atoms with Gasteiger partial charge < -0.3 is 14.9 Å². The summed E-state index contributed by atoms with van der Waals surface area (Å²) in [5.41, 5.74) is 0.113. The number of aliphatic hydroxyl groups is 2. The second-order valence-electron chi connectivity index (χ2n) is 8.52. The van der Waals surface area contributed by atoms with Crippen LogP contribution in [0.4, 0.5) is 0 Å². The van der Waals surface area contributed by atoms with Crippen molar-refractivity contribution >= 4 is 6.47 Å². The van der Waals surface area contributed by atoms with E-state index >= 15 is 0 Å². The largest absolute Gasteiger partial charge is 0.435 e. The Kier molecular flexibility index (Phi) is 3.36. The van der Waals surface area contributed by atoms with Crippen molar-refractivity contribution in [2.24, 2.45) is 35.0 Å². The standard InChI is InChI=1S/C18H28O4/c1-17-8-6-11-12(14(17)4-5-16(17)20)2-3-15-13(11)7-9-18(15,21)22-10-19/h10-16,20-21H,2-9H2,1H3/t11-,12+,13+,14-,15+,16-,17-,18?/m0/s1. The van der Waals surface area contributed by atoms with E-state index in [1.807, 2.05) is 0 Å². The summed E-state index contributed by atoms with van der Waals surface area (Å²) in [5.74, 6) is 1.37. The fourth-order valence-corrected chi connectivity index (χ4v) is 6.88. The van der Waals surface area contributed by atoms with Gasteiger partial charge in [-0.3, -0.25) is 4.79 Å². The van der Waals surface area contributed by atoms with E-state index in [2.05, 4.69) is 6.92 Å². The lowest BCUT2D eigenvalue weighted by Gasteiger charge is -2.53. The molecule has 0 heterocycles. The van der Waals surface area contributed by atoms with Crippen molar-refractivity contribution in [1.29, 1.82) is 0 Å². The quantitative estimate of drug-likeness (QED) is 0.607. The molecule has 0 saturated heterocycles. The maximum absolute atomic E-state index is 10.7. The van der Waals surface area contributed by atoms with Crippen LogP contribution in [0.1, 0.15) is 58.3 Å². The van der Waals surface area contributed by atoms with Gasteiger partial charge in [-0.2, -0.15) is 0 Å². The molecule has 0 aromatic carbocycles. The van der Waals surface area contributed by atoms with Crippen LogP contribution in [-0.4, -0.2) is 28.6 Å². The molecule has 8 atom stereocenters. The zero-order valence-corrected chi connectivity index (χ0v) is 13.4. The summed E-state index contributed by atoms with van der Waals surface area (Å²) < 4.78 is 5.10. The highest BCUT2D eigenvalue weighted by Gasteiger charge is 2.61. The zero-order valence-electron chi connectivity index (χ0n) is 13.4. The van der Waals surface area contributed by atoms with Gasteiger partial charge in [0.15, 0.2) is 0 Å². The maximum atomic E-state index is 10.7. The van der Waals surface area contributed by atoms with Crippen molar-refractivity contribution in [3.63, 3.8) is 0 Å². The Labute approximate surface area is 132 Å². The lowest BCUT2D eigenvalue weighted by molar-refractivity contribution is -0.223. The average molecular weight is 308 g/mol. The zero-order chi connectivity index (χ0) is 15.5. The second kappa shape index (κ2) is 4.94. The van der Waals surface area contributed by atoms with Crippen LogP contribution in [0.3, 0.4) is 0 Å². The van der Waals surface area contributed by atoms with E-state index in [0.717, 1.165) is 44.9 Å². The molecule has 0 spiro atoms. The van der Waals surface area contributed by atoms with E-state index in [4.69, 9.17) is 4.74 Å². The number of ether oxygens (including phenoxy) is 1. The number of rotatable bonds is 2. The third kappa shape index (κ3) is 1.86. The molecule has 22 heavy (non-hydrogen) atoms. The van der Waals surface area contributed by atoms with Gasteiger partial charge in [-0.1, -0.05) is 6.92 Å². The Morgan fingerprint density at radius 2 is 1.64 bits per heavy atom. The van der Waals surface area contributed by atoms with Crippen LogP contribution < -0.4 is 0 Å². The van der Waals surface area contributed by atoms with Crippen LogP contribution in [0.15, 0.2) is 0 Å². The summed E-state index contributed by atoms with van der Waals surface area (Å²) in [6, 6.07) is 0. The van der Waals surface area contributed by atoms with E-state index in [1.165, 1.54) is 0 Å². The smallest absolute Gasteiger partial charge is 0.295 e. The van der Waals surface area contributed by atoms with Crippen molar-refractivity contribution in [2.45, 2.75) is 70.2 Å². The Bertz CT molecular complexity index is 466. The average Bonchev–Trinajstić information content (AvgIpc) is 2.98. The molecule has 4 rings (SSSR count). The fraction of sp³-hybridized carbons (Fsp3) is 0.944. The molecule has 4 aliphatic rings.